The maximum absolute atomic E-state index is 9.10. The summed E-state index contributed by atoms with van der Waals surface area (Å²) in [6.07, 6.45) is -1.33. The number of primary amides is 1. The van der Waals surface area contributed by atoms with Gasteiger partial charge in [-0.3, -0.25) is 0 Å². The SMILES string of the molecule is NC(=O)O.NP(=O)(O)O. The lowest BCUT2D eigenvalue weighted by Crippen LogP contribution is -2.03. The lowest BCUT2D eigenvalue weighted by Gasteiger charge is -1.84. The normalized spacial score (nSPS) is 9.22. The smallest absolute Gasteiger partial charge is 0.402 e. The number of carbonyl (C=O) groups is 1. The van der Waals surface area contributed by atoms with E-state index in [-0.39, 0.29) is 0 Å². The summed E-state index contributed by atoms with van der Waals surface area (Å²) in [5.41, 5.74) is 8.05. The second-order valence-corrected chi connectivity index (χ2v) is 2.11. The van der Waals surface area contributed by atoms with Crippen LogP contribution in [-0.4, -0.2) is 21.0 Å². The minimum absolute atomic E-state index is 1.33. The summed E-state index contributed by atoms with van der Waals surface area (Å²) < 4.78 is 9.10. The molecule has 0 bridgehead atoms. The third kappa shape index (κ3) is 556. The molecule has 0 rings (SSSR count). The van der Waals surface area contributed by atoms with Crippen molar-refractivity contribution in [1.82, 2.24) is 0 Å². The highest BCUT2D eigenvalue weighted by Gasteiger charge is 1.96. The minimum atomic E-state index is -4.14. The number of carboxylic acid groups (broad SMARTS) is 1. The Hall–Kier alpha value is -0.620. The Morgan fingerprint density at radius 1 is 1.44 bits per heavy atom. The molecule has 0 fully saturated rings. The van der Waals surface area contributed by atoms with E-state index >= 15 is 0 Å². The van der Waals surface area contributed by atoms with Crippen LogP contribution in [0.2, 0.25) is 0 Å². The van der Waals surface area contributed by atoms with E-state index in [1.54, 1.807) is 0 Å². The van der Waals surface area contributed by atoms with Gasteiger partial charge < -0.3 is 20.6 Å². The fourth-order valence-electron chi connectivity index (χ4n) is 0. The first-order valence-electron chi connectivity index (χ1n) is 1.56. The summed E-state index contributed by atoms with van der Waals surface area (Å²) in [7, 11) is -4.14. The molecule has 0 heterocycles. The molecule has 7 N–H and O–H groups in total. The van der Waals surface area contributed by atoms with Crippen LogP contribution in [0.1, 0.15) is 0 Å². The van der Waals surface area contributed by atoms with Crippen LogP contribution in [0.3, 0.4) is 0 Å². The molecule has 1 amide bonds. The quantitative estimate of drug-likeness (QED) is 0.275. The number of rotatable bonds is 0. The van der Waals surface area contributed by atoms with Gasteiger partial charge in [0.2, 0.25) is 0 Å². The van der Waals surface area contributed by atoms with Crippen molar-refractivity contribution < 1.29 is 24.3 Å². The predicted octanol–water partition coefficient (Wildman–Crippen LogP) is -1.34. The zero-order valence-corrected chi connectivity index (χ0v) is 5.15. The van der Waals surface area contributed by atoms with Crippen LogP contribution in [0.15, 0.2) is 0 Å². The number of nitrogens with two attached hydrogens (primary N) is 2. The van der Waals surface area contributed by atoms with Gasteiger partial charge in [-0.1, -0.05) is 0 Å². The molecule has 7 nitrogen and oxygen atoms in total. The zero-order chi connectivity index (χ0) is 8.08. The monoisotopic (exact) mass is 158 g/mol. The van der Waals surface area contributed by atoms with Gasteiger partial charge in [0.25, 0.3) is 0 Å². The summed E-state index contributed by atoms with van der Waals surface area (Å²) in [6.45, 7) is 0. The van der Waals surface area contributed by atoms with E-state index in [9.17, 15) is 0 Å². The lowest BCUT2D eigenvalue weighted by atomic mass is 11.3. The predicted molar refractivity (Wildman–Crippen MR) is 28.4 cm³/mol. The summed E-state index contributed by atoms with van der Waals surface area (Å²) in [4.78, 5) is 23.6. The molecule has 0 aromatic heterocycles. The highest BCUT2D eigenvalue weighted by atomic mass is 31.2. The Labute approximate surface area is 50.5 Å². The van der Waals surface area contributed by atoms with Crippen molar-refractivity contribution in [3.05, 3.63) is 0 Å². The van der Waals surface area contributed by atoms with Crippen LogP contribution < -0.4 is 11.2 Å². The first-order valence-corrected chi connectivity index (χ1v) is 3.24. The van der Waals surface area contributed by atoms with Gasteiger partial charge in [0.05, 0.1) is 0 Å². The topological polar surface area (TPSA) is 147 Å². The summed E-state index contributed by atoms with van der Waals surface area (Å²) in [5, 5.41) is 7.19. The van der Waals surface area contributed by atoms with Crippen molar-refractivity contribution in [3.63, 3.8) is 0 Å². The molecule has 0 atom stereocenters. The molecule has 0 radical (unpaired) electrons. The van der Waals surface area contributed by atoms with Crippen molar-refractivity contribution in [2.24, 2.45) is 11.2 Å². The maximum atomic E-state index is 9.10. The van der Waals surface area contributed by atoms with E-state index in [0.29, 0.717) is 0 Å². The van der Waals surface area contributed by atoms with Gasteiger partial charge in [-0.25, -0.2) is 14.9 Å². The Morgan fingerprint density at radius 3 is 1.44 bits per heavy atom. The van der Waals surface area contributed by atoms with E-state index in [1.165, 1.54) is 0 Å². The summed E-state index contributed by atoms with van der Waals surface area (Å²) in [6, 6.07) is 0. The molecule has 0 aliphatic heterocycles. The zero-order valence-electron chi connectivity index (χ0n) is 4.26. The van der Waals surface area contributed by atoms with E-state index < -0.39 is 13.8 Å². The Kier molecular flexibility index (Phi) is 5.33. The first kappa shape index (κ1) is 11.2. The molecule has 0 spiro atoms. The molecule has 56 valence electrons. The fraction of sp³-hybridized carbons (Fsp3) is 0. The van der Waals surface area contributed by atoms with Gasteiger partial charge in [-0.2, -0.15) is 0 Å². The second-order valence-electron chi connectivity index (χ2n) is 0.927. The van der Waals surface area contributed by atoms with Gasteiger partial charge in [0, 0.05) is 0 Å². The molecule has 0 aliphatic rings. The third-order valence-electron chi connectivity index (χ3n) is 0. The highest BCUT2D eigenvalue weighted by Crippen LogP contribution is 2.20. The van der Waals surface area contributed by atoms with Crippen LogP contribution in [0.5, 0.6) is 0 Å². The van der Waals surface area contributed by atoms with Crippen LogP contribution in [0.25, 0.3) is 0 Å². The fourth-order valence-corrected chi connectivity index (χ4v) is 0. The Morgan fingerprint density at radius 2 is 1.44 bits per heavy atom. The maximum Gasteiger partial charge on any atom is 0.402 e. The molecule has 0 saturated carbocycles. The second kappa shape index (κ2) is 4.28. The largest absolute Gasteiger partial charge is 0.465 e. The van der Waals surface area contributed by atoms with Crippen molar-refractivity contribution in [3.8, 4) is 0 Å². The van der Waals surface area contributed by atoms with Crippen molar-refractivity contribution in [2.45, 2.75) is 0 Å². The lowest BCUT2D eigenvalue weighted by molar-refractivity contribution is 0.205. The molecule has 0 aromatic carbocycles. The summed E-state index contributed by atoms with van der Waals surface area (Å²) in [5.74, 6) is 0. The van der Waals surface area contributed by atoms with E-state index in [4.69, 9.17) is 24.3 Å². The highest BCUT2D eigenvalue weighted by molar-refractivity contribution is 7.49. The van der Waals surface area contributed by atoms with Crippen molar-refractivity contribution in [2.75, 3.05) is 0 Å². The molecule has 0 unspecified atom stereocenters. The van der Waals surface area contributed by atoms with Crippen molar-refractivity contribution >= 4 is 13.8 Å². The average molecular weight is 158 g/mol. The van der Waals surface area contributed by atoms with Gasteiger partial charge in [0.1, 0.15) is 0 Å². The molecule has 0 aromatic rings. The summed E-state index contributed by atoms with van der Waals surface area (Å²) >= 11 is 0. The van der Waals surface area contributed by atoms with Gasteiger partial charge >= 0.3 is 13.8 Å². The van der Waals surface area contributed by atoms with Gasteiger partial charge in [-0.05, 0) is 0 Å². The molecular formula is CH7N2O5P. The first-order chi connectivity index (χ1) is 3.73. The number of hydrogen-bond acceptors (Lipinski definition) is 2. The van der Waals surface area contributed by atoms with Crippen molar-refractivity contribution in [1.29, 1.82) is 0 Å². The van der Waals surface area contributed by atoms with Crippen LogP contribution in [0, 0.1) is 0 Å². The number of amides is 1. The molecule has 0 aliphatic carbocycles. The number of hydrogen-bond donors (Lipinski definition) is 5. The third-order valence-corrected chi connectivity index (χ3v) is 0. The van der Waals surface area contributed by atoms with E-state index in [0.717, 1.165) is 0 Å². The standard InChI is InChI=1S/CH3NO2.H4NO3P/c2-1(3)4;1-5(2,3)4/h2H2,(H,3,4);(H4,1,2,3,4). The molecular weight excluding hydrogens is 151 g/mol. The average Bonchev–Trinajstić information content (AvgIpc) is 1.19. The van der Waals surface area contributed by atoms with Crippen LogP contribution >= 0.6 is 7.75 Å². The van der Waals surface area contributed by atoms with E-state index in [2.05, 4.69) is 11.2 Å². The van der Waals surface area contributed by atoms with E-state index in [1.807, 2.05) is 0 Å². The molecule has 9 heavy (non-hydrogen) atoms. The Bertz CT molecular complexity index is 115. The Balaban J connectivity index is 0. The molecule has 8 heteroatoms. The minimum Gasteiger partial charge on any atom is -0.465 e. The van der Waals surface area contributed by atoms with Gasteiger partial charge in [0.15, 0.2) is 0 Å². The van der Waals surface area contributed by atoms with Crippen LogP contribution in [-0.2, 0) is 4.57 Å². The van der Waals surface area contributed by atoms with Crippen LogP contribution in [0.4, 0.5) is 4.79 Å². The van der Waals surface area contributed by atoms with Gasteiger partial charge in [-0.15, -0.1) is 0 Å². The molecule has 0 saturated heterocycles.